The number of rotatable bonds is 5. The zero-order valence-electron chi connectivity index (χ0n) is 36.3. The number of benzene rings is 1. The summed E-state index contributed by atoms with van der Waals surface area (Å²) in [5.74, 6) is 1.10. The summed E-state index contributed by atoms with van der Waals surface area (Å²) < 4.78 is 10.6. The Bertz CT molecular complexity index is 2550. The smallest absolute Gasteiger partial charge is 0.258 e. The molecule has 1 aromatic carbocycles. The molecule has 2 N–H and O–H groups in total. The van der Waals surface area contributed by atoms with E-state index in [0.717, 1.165) is 129 Å². The summed E-state index contributed by atoms with van der Waals surface area (Å²) in [6, 6.07) is 14.9. The van der Waals surface area contributed by atoms with Gasteiger partial charge < -0.3 is 19.1 Å². The topological polar surface area (TPSA) is 156 Å². The number of anilines is 3. The van der Waals surface area contributed by atoms with Gasteiger partial charge in [0.25, 0.3) is 5.91 Å². The maximum Gasteiger partial charge on any atom is 0.258 e. The number of carbonyl (C=O) groups excluding carboxylic acids is 3. The number of pyridine rings is 2. The molecule has 4 aromatic heterocycles. The highest BCUT2D eigenvalue weighted by Gasteiger charge is 2.33. The monoisotopic (exact) mass is 839 g/mol. The Morgan fingerprint density at radius 3 is 2.42 bits per heavy atom. The SMILES string of the molecule is CCc1nc(C2CCC(=O)NC2=O)ccc1N1CCC(N2CCN(c3ccc4nc5n(c4c3)C[C@@H]3CC[C@H](COc4c(c(C)nn4C)-c4cc(cc(C)n4)C(=O)N5)C3)CC2)CC1. The normalized spacial score (nSPS) is 22.7. The number of aryl methyl sites for hydroxylation is 4. The lowest BCUT2D eigenvalue weighted by Crippen LogP contribution is -2.53. The Hall–Kier alpha value is -5.83. The molecular formula is C47H57N11O4. The van der Waals surface area contributed by atoms with Crippen LogP contribution in [0.1, 0.15) is 90.9 Å². The number of imide groups is 1. The quantitative estimate of drug-likeness (QED) is 0.207. The summed E-state index contributed by atoms with van der Waals surface area (Å²) >= 11 is 0. The van der Waals surface area contributed by atoms with E-state index in [1.165, 1.54) is 5.69 Å². The van der Waals surface area contributed by atoms with Crippen molar-refractivity contribution in [3.05, 3.63) is 70.8 Å². The van der Waals surface area contributed by atoms with E-state index in [-0.39, 0.29) is 23.6 Å². The lowest BCUT2D eigenvalue weighted by Gasteiger charge is -2.44. The van der Waals surface area contributed by atoms with Crippen molar-refractivity contribution in [1.82, 2.24) is 39.5 Å². The van der Waals surface area contributed by atoms with Crippen LogP contribution in [0.2, 0.25) is 0 Å². The van der Waals surface area contributed by atoms with Gasteiger partial charge in [-0.1, -0.05) is 6.92 Å². The van der Waals surface area contributed by atoms with Gasteiger partial charge in [-0.2, -0.15) is 5.10 Å². The second-order valence-electron chi connectivity index (χ2n) is 18.1. The third-order valence-electron chi connectivity index (χ3n) is 14.0. The molecule has 15 heteroatoms. The number of ether oxygens (including phenoxy) is 1. The number of nitrogens with zero attached hydrogens (tertiary/aromatic N) is 9. The maximum absolute atomic E-state index is 14.1. The average Bonchev–Trinajstić information content (AvgIpc) is 3.95. The van der Waals surface area contributed by atoms with E-state index in [1.54, 1.807) is 4.68 Å². The molecule has 5 aromatic rings. The van der Waals surface area contributed by atoms with Crippen LogP contribution in [0.4, 0.5) is 17.3 Å². The van der Waals surface area contributed by atoms with Crippen molar-refractivity contribution in [1.29, 1.82) is 0 Å². The minimum Gasteiger partial charge on any atom is -0.477 e. The number of hydrogen-bond acceptors (Lipinski definition) is 11. The van der Waals surface area contributed by atoms with Crippen molar-refractivity contribution in [2.45, 2.75) is 90.6 Å². The highest BCUT2D eigenvalue weighted by molar-refractivity contribution is 6.05. The number of nitrogens with one attached hydrogen (secondary N) is 2. The van der Waals surface area contributed by atoms with Crippen molar-refractivity contribution in [3.8, 4) is 17.1 Å². The van der Waals surface area contributed by atoms with Crippen LogP contribution < -0.4 is 25.2 Å². The summed E-state index contributed by atoms with van der Waals surface area (Å²) in [7, 11) is 1.90. The second kappa shape index (κ2) is 16.5. The van der Waals surface area contributed by atoms with Crippen LogP contribution in [-0.2, 0) is 29.6 Å². The predicted octanol–water partition coefficient (Wildman–Crippen LogP) is 5.78. The lowest BCUT2D eigenvalue weighted by molar-refractivity contribution is -0.134. The van der Waals surface area contributed by atoms with Gasteiger partial charge in [0.05, 0.1) is 57.6 Å². The van der Waals surface area contributed by atoms with Crippen LogP contribution in [0.15, 0.2) is 42.5 Å². The average molecular weight is 840 g/mol. The van der Waals surface area contributed by atoms with Crippen molar-refractivity contribution >= 4 is 46.1 Å². The number of hydrogen-bond donors (Lipinski definition) is 2. The van der Waals surface area contributed by atoms with E-state index in [2.05, 4.69) is 66.2 Å². The van der Waals surface area contributed by atoms with E-state index in [0.29, 0.717) is 60.4 Å². The van der Waals surface area contributed by atoms with Crippen molar-refractivity contribution in [3.63, 3.8) is 0 Å². The maximum atomic E-state index is 14.1. The molecule has 8 heterocycles. The van der Waals surface area contributed by atoms with Gasteiger partial charge in [0.2, 0.25) is 23.6 Å². The van der Waals surface area contributed by atoms with Crippen molar-refractivity contribution < 1.29 is 19.1 Å². The fourth-order valence-corrected chi connectivity index (χ4v) is 10.8. The van der Waals surface area contributed by atoms with E-state index >= 15 is 0 Å². The molecule has 1 unspecified atom stereocenters. The van der Waals surface area contributed by atoms with E-state index in [9.17, 15) is 14.4 Å². The number of amides is 3. The Balaban J connectivity index is 0.830. The van der Waals surface area contributed by atoms with Gasteiger partial charge in [-0.3, -0.25) is 39.9 Å². The molecule has 3 saturated heterocycles. The van der Waals surface area contributed by atoms with E-state index < -0.39 is 0 Å². The summed E-state index contributed by atoms with van der Waals surface area (Å²) in [6.07, 6.45) is 7.06. The molecule has 4 aliphatic heterocycles. The number of carbonyl (C=O) groups is 3. The first kappa shape index (κ1) is 40.3. The highest BCUT2D eigenvalue weighted by Crippen LogP contribution is 2.38. The van der Waals surface area contributed by atoms with Crippen LogP contribution in [0.3, 0.4) is 0 Å². The predicted molar refractivity (Wildman–Crippen MR) is 238 cm³/mol. The molecule has 3 atom stereocenters. The number of imidazole rings is 1. The largest absolute Gasteiger partial charge is 0.477 e. The van der Waals surface area contributed by atoms with E-state index in [1.807, 2.05) is 39.1 Å². The van der Waals surface area contributed by atoms with Gasteiger partial charge in [0.1, 0.15) is 0 Å². The Morgan fingerprint density at radius 2 is 1.63 bits per heavy atom. The number of fused-ring (bicyclic) bond motifs is 9. The summed E-state index contributed by atoms with van der Waals surface area (Å²) in [5, 5.41) is 10.4. The molecule has 1 aliphatic carbocycles. The standard InChI is InChI=1S/C47H57N11O4/c1-5-36-40(12-11-37(49-36)35-9-13-42(59)51-45(35)61)57-16-14-33(15-17-57)55-18-20-56(21-19-55)34-8-10-38-41(25-34)58-26-30-6-7-31(23-30)27-62-46-43(29(3)53-54(46)4)39-24-32(22-28(2)48-39)44(60)52-47(58)50-38/h8,10-12,22,24-25,30-31,33,35H,5-7,9,13-21,23,26-27H2,1-4H3,(H,50,52,60)(H,51,59,61)/t30-,31+,35?/m1/s1. The molecule has 4 fully saturated rings. The molecule has 15 nitrogen and oxygen atoms in total. The zero-order valence-corrected chi connectivity index (χ0v) is 36.3. The number of aromatic nitrogens is 6. The summed E-state index contributed by atoms with van der Waals surface area (Å²) in [5.41, 5.74) is 9.64. The fourth-order valence-electron chi connectivity index (χ4n) is 10.8. The summed E-state index contributed by atoms with van der Waals surface area (Å²) in [4.78, 5) is 60.8. The Labute approximate surface area is 362 Å². The minimum absolute atomic E-state index is 0.202. The molecule has 10 rings (SSSR count). The highest BCUT2D eigenvalue weighted by atomic mass is 16.5. The van der Waals surface area contributed by atoms with Gasteiger partial charge in [0.15, 0.2) is 0 Å². The third kappa shape index (κ3) is 7.68. The second-order valence-corrected chi connectivity index (χ2v) is 18.1. The van der Waals surface area contributed by atoms with Gasteiger partial charge >= 0.3 is 0 Å². The van der Waals surface area contributed by atoms with Crippen molar-refractivity contribution in [2.75, 3.05) is 61.0 Å². The fraction of sp³-hybridized carbons (Fsp3) is 0.511. The van der Waals surface area contributed by atoms with E-state index in [4.69, 9.17) is 19.7 Å². The number of piperazine rings is 1. The molecule has 0 radical (unpaired) electrons. The molecule has 0 spiro atoms. The first-order valence-electron chi connectivity index (χ1n) is 22.6. The first-order valence-corrected chi connectivity index (χ1v) is 22.6. The molecule has 324 valence electrons. The van der Waals surface area contributed by atoms with Crippen LogP contribution in [0, 0.1) is 25.7 Å². The molecule has 5 aliphatic rings. The van der Waals surface area contributed by atoms with Gasteiger partial charge in [-0.15, -0.1) is 0 Å². The molecule has 62 heavy (non-hydrogen) atoms. The molecular weight excluding hydrogens is 783 g/mol. The summed E-state index contributed by atoms with van der Waals surface area (Å²) in [6.45, 7) is 13.2. The van der Waals surface area contributed by atoms with Crippen molar-refractivity contribution in [2.24, 2.45) is 18.9 Å². The van der Waals surface area contributed by atoms with Gasteiger partial charge in [-0.05, 0) is 113 Å². The first-order chi connectivity index (χ1) is 30.1. The Kier molecular flexibility index (Phi) is 10.7. The molecule has 3 amide bonds. The van der Waals surface area contributed by atoms with Gasteiger partial charge in [0, 0.05) is 82.3 Å². The number of piperidine rings is 2. The minimum atomic E-state index is -0.367. The zero-order chi connectivity index (χ0) is 42.6. The molecule has 4 bridgehead atoms. The van der Waals surface area contributed by atoms with Crippen LogP contribution in [-0.4, -0.2) is 104 Å². The molecule has 1 saturated carbocycles. The van der Waals surface area contributed by atoms with Crippen LogP contribution >= 0.6 is 0 Å². The lowest BCUT2D eigenvalue weighted by atomic mass is 9.93. The van der Waals surface area contributed by atoms with Crippen LogP contribution in [0.5, 0.6) is 5.88 Å². The Morgan fingerprint density at radius 1 is 0.823 bits per heavy atom. The van der Waals surface area contributed by atoms with Gasteiger partial charge in [-0.25, -0.2) is 9.67 Å². The van der Waals surface area contributed by atoms with Crippen LogP contribution in [0.25, 0.3) is 22.3 Å². The third-order valence-corrected chi connectivity index (χ3v) is 14.0.